The second-order valence-electron chi connectivity index (χ2n) is 8.20. The van der Waals surface area contributed by atoms with Crippen molar-refractivity contribution in [1.82, 2.24) is 8.87 Å². The minimum absolute atomic E-state index is 0.0251. The van der Waals surface area contributed by atoms with Crippen molar-refractivity contribution in [3.63, 3.8) is 0 Å². The molecule has 1 aromatic heterocycles. The molecule has 6 nitrogen and oxygen atoms in total. The van der Waals surface area contributed by atoms with E-state index in [9.17, 15) is 13.2 Å². The van der Waals surface area contributed by atoms with Crippen LogP contribution in [-0.2, 0) is 27.8 Å². The Morgan fingerprint density at radius 1 is 0.968 bits per heavy atom. The number of hydrogen-bond donors (Lipinski definition) is 0. The fourth-order valence-electron chi connectivity index (χ4n) is 4.58. The normalized spacial score (nSPS) is 17.3. The molecule has 0 unspecified atom stereocenters. The van der Waals surface area contributed by atoms with Crippen molar-refractivity contribution in [3.05, 3.63) is 59.2 Å². The zero-order valence-electron chi connectivity index (χ0n) is 17.1. The highest BCUT2D eigenvalue weighted by molar-refractivity contribution is 7.89. The second kappa shape index (κ2) is 7.97. The summed E-state index contributed by atoms with van der Waals surface area (Å²) in [4.78, 5) is 15.2. The van der Waals surface area contributed by atoms with Gasteiger partial charge in [0, 0.05) is 42.1 Å². The van der Waals surface area contributed by atoms with Gasteiger partial charge in [0.15, 0.2) is 0 Å². The lowest BCUT2D eigenvalue weighted by molar-refractivity contribution is -0.119. The molecular formula is C23H24ClN3O3S. The number of amides is 1. The molecule has 1 fully saturated rings. The van der Waals surface area contributed by atoms with E-state index in [0.717, 1.165) is 41.4 Å². The van der Waals surface area contributed by atoms with Crippen LogP contribution in [0.1, 0.15) is 24.8 Å². The van der Waals surface area contributed by atoms with Crippen LogP contribution in [0.3, 0.4) is 0 Å². The minimum atomic E-state index is -3.48. The van der Waals surface area contributed by atoms with Crippen LogP contribution in [0.2, 0.25) is 5.02 Å². The lowest BCUT2D eigenvalue weighted by Crippen LogP contribution is -2.35. The minimum Gasteiger partial charge on any atom is -0.338 e. The van der Waals surface area contributed by atoms with Gasteiger partial charge >= 0.3 is 0 Å². The number of benzene rings is 2. The molecule has 2 aliphatic heterocycles. The molecule has 0 radical (unpaired) electrons. The van der Waals surface area contributed by atoms with Gasteiger partial charge in [-0.15, -0.1) is 0 Å². The standard InChI is InChI=1S/C23H24ClN3O3S/c24-19-5-4-17-8-12-25(22(17)15-19)16-23(28)27-13-9-18-14-20(6-7-21(18)27)31(29,30)26-10-2-1-3-11-26/h4-8,12,14-15H,1-3,9-11,13,16H2. The van der Waals surface area contributed by atoms with E-state index < -0.39 is 10.0 Å². The molecule has 2 aromatic carbocycles. The number of piperidine rings is 1. The van der Waals surface area contributed by atoms with Gasteiger partial charge in [0.25, 0.3) is 0 Å². The Hall–Kier alpha value is -2.35. The number of sulfonamides is 1. The predicted molar refractivity (Wildman–Crippen MR) is 122 cm³/mol. The van der Waals surface area contributed by atoms with E-state index in [-0.39, 0.29) is 12.5 Å². The monoisotopic (exact) mass is 457 g/mol. The number of nitrogens with zero attached hydrogens (tertiary/aromatic N) is 3. The van der Waals surface area contributed by atoms with Gasteiger partial charge in [-0.05, 0) is 66.6 Å². The molecule has 2 aliphatic rings. The van der Waals surface area contributed by atoms with Gasteiger partial charge in [0.05, 0.1) is 4.90 Å². The van der Waals surface area contributed by atoms with Crippen LogP contribution in [0.4, 0.5) is 5.69 Å². The molecule has 3 aromatic rings. The fourth-order valence-corrected chi connectivity index (χ4v) is 6.31. The topological polar surface area (TPSA) is 62.6 Å². The lowest BCUT2D eigenvalue weighted by atomic mass is 10.2. The highest BCUT2D eigenvalue weighted by Crippen LogP contribution is 2.32. The number of halogens is 1. The van der Waals surface area contributed by atoms with Crippen LogP contribution in [-0.4, -0.2) is 42.8 Å². The Labute approximate surface area is 187 Å². The number of carbonyl (C=O) groups excluding carboxylic acids is 1. The SMILES string of the molecule is O=C(Cn1ccc2ccc(Cl)cc21)N1CCc2cc(S(=O)(=O)N3CCCCC3)ccc21. The molecule has 0 spiro atoms. The summed E-state index contributed by atoms with van der Waals surface area (Å²) in [5, 5.41) is 1.67. The van der Waals surface area contributed by atoms with Crippen molar-refractivity contribution in [1.29, 1.82) is 0 Å². The predicted octanol–water partition coefficient (Wildman–Crippen LogP) is 4.06. The maximum Gasteiger partial charge on any atom is 0.246 e. The number of aromatic nitrogens is 1. The van der Waals surface area contributed by atoms with Gasteiger partial charge in [-0.25, -0.2) is 8.42 Å². The smallest absolute Gasteiger partial charge is 0.246 e. The van der Waals surface area contributed by atoms with E-state index in [1.165, 1.54) is 0 Å². The largest absolute Gasteiger partial charge is 0.338 e. The molecule has 1 amide bonds. The summed E-state index contributed by atoms with van der Waals surface area (Å²) in [6.07, 6.45) is 5.44. The first kappa shape index (κ1) is 20.5. The number of rotatable bonds is 4. The van der Waals surface area contributed by atoms with Crippen molar-refractivity contribution >= 4 is 44.1 Å². The molecule has 0 saturated carbocycles. The summed E-state index contributed by atoms with van der Waals surface area (Å²) < 4.78 is 29.5. The van der Waals surface area contributed by atoms with Gasteiger partial charge < -0.3 is 9.47 Å². The number of anilines is 1. The number of carbonyl (C=O) groups is 1. The molecule has 0 bridgehead atoms. The van der Waals surface area contributed by atoms with Crippen molar-refractivity contribution in [2.24, 2.45) is 0 Å². The van der Waals surface area contributed by atoms with Gasteiger partial charge in [-0.1, -0.05) is 24.1 Å². The van der Waals surface area contributed by atoms with E-state index in [4.69, 9.17) is 11.6 Å². The summed E-state index contributed by atoms with van der Waals surface area (Å²) in [5.41, 5.74) is 2.63. The van der Waals surface area contributed by atoms with Crippen LogP contribution in [0.25, 0.3) is 10.9 Å². The maximum atomic E-state index is 13.1. The first-order valence-corrected chi connectivity index (χ1v) is 12.4. The third kappa shape index (κ3) is 3.75. The summed E-state index contributed by atoms with van der Waals surface area (Å²) in [6.45, 7) is 1.93. The molecule has 31 heavy (non-hydrogen) atoms. The lowest BCUT2D eigenvalue weighted by Gasteiger charge is -2.26. The fraction of sp³-hybridized carbons (Fsp3) is 0.348. The average molecular weight is 458 g/mol. The van der Waals surface area contributed by atoms with Gasteiger partial charge in [-0.3, -0.25) is 4.79 Å². The van der Waals surface area contributed by atoms with Crippen molar-refractivity contribution in [2.45, 2.75) is 37.1 Å². The molecule has 8 heteroatoms. The van der Waals surface area contributed by atoms with Crippen LogP contribution >= 0.6 is 11.6 Å². The van der Waals surface area contributed by atoms with Crippen LogP contribution < -0.4 is 4.90 Å². The summed E-state index contributed by atoms with van der Waals surface area (Å²) >= 11 is 6.12. The van der Waals surface area contributed by atoms with Crippen molar-refractivity contribution < 1.29 is 13.2 Å². The van der Waals surface area contributed by atoms with Crippen LogP contribution in [0.5, 0.6) is 0 Å². The summed E-state index contributed by atoms with van der Waals surface area (Å²) in [7, 11) is -3.48. The molecular weight excluding hydrogens is 434 g/mol. The Morgan fingerprint density at radius 3 is 2.58 bits per heavy atom. The number of hydrogen-bond acceptors (Lipinski definition) is 3. The van der Waals surface area contributed by atoms with Gasteiger partial charge in [0.2, 0.25) is 15.9 Å². The molecule has 0 N–H and O–H groups in total. The first-order chi connectivity index (χ1) is 14.9. The van der Waals surface area contributed by atoms with Crippen molar-refractivity contribution in [2.75, 3.05) is 24.5 Å². The number of fused-ring (bicyclic) bond motifs is 2. The highest BCUT2D eigenvalue weighted by Gasteiger charge is 2.30. The third-order valence-electron chi connectivity index (χ3n) is 6.24. The van der Waals surface area contributed by atoms with E-state index in [1.54, 1.807) is 27.4 Å². The molecule has 1 saturated heterocycles. The highest BCUT2D eigenvalue weighted by atomic mass is 35.5. The van der Waals surface area contributed by atoms with E-state index in [1.807, 2.05) is 35.0 Å². The zero-order valence-corrected chi connectivity index (χ0v) is 18.7. The molecule has 162 valence electrons. The maximum absolute atomic E-state index is 13.1. The second-order valence-corrected chi connectivity index (χ2v) is 10.6. The first-order valence-electron chi connectivity index (χ1n) is 10.6. The van der Waals surface area contributed by atoms with E-state index in [0.29, 0.717) is 36.0 Å². The third-order valence-corrected chi connectivity index (χ3v) is 8.37. The average Bonchev–Trinajstić information content (AvgIpc) is 3.38. The van der Waals surface area contributed by atoms with E-state index in [2.05, 4.69) is 0 Å². The van der Waals surface area contributed by atoms with Crippen molar-refractivity contribution in [3.8, 4) is 0 Å². The summed E-state index contributed by atoms with van der Waals surface area (Å²) in [6, 6.07) is 12.8. The van der Waals surface area contributed by atoms with Crippen LogP contribution in [0, 0.1) is 0 Å². The molecule has 5 rings (SSSR count). The molecule has 3 heterocycles. The Morgan fingerprint density at radius 2 is 1.77 bits per heavy atom. The Balaban J connectivity index is 1.38. The van der Waals surface area contributed by atoms with Crippen LogP contribution in [0.15, 0.2) is 53.6 Å². The molecule has 0 atom stereocenters. The Bertz CT molecular complexity index is 1260. The quantitative estimate of drug-likeness (QED) is 0.593. The van der Waals surface area contributed by atoms with Gasteiger partial charge in [0.1, 0.15) is 6.54 Å². The Kier molecular flexibility index (Phi) is 5.28. The molecule has 0 aliphatic carbocycles. The summed E-state index contributed by atoms with van der Waals surface area (Å²) in [5.74, 6) is -0.0251. The van der Waals surface area contributed by atoms with Gasteiger partial charge in [-0.2, -0.15) is 4.31 Å². The van der Waals surface area contributed by atoms with E-state index >= 15 is 0 Å². The zero-order chi connectivity index (χ0) is 21.6.